The number of tetrazole rings is 1. The van der Waals surface area contributed by atoms with Crippen molar-refractivity contribution in [2.45, 2.75) is 6.04 Å². The summed E-state index contributed by atoms with van der Waals surface area (Å²) >= 11 is 0. The summed E-state index contributed by atoms with van der Waals surface area (Å²) in [5.41, 5.74) is 2.91. The lowest BCUT2D eigenvalue weighted by Crippen LogP contribution is -2.29. The topological polar surface area (TPSA) is 120 Å². The molecule has 3 heterocycles. The van der Waals surface area contributed by atoms with Crippen molar-refractivity contribution in [3.8, 4) is 11.5 Å². The number of nitrogens with one attached hydrogen (secondary N) is 2. The number of methoxy groups -OCH3 is 2. The average Bonchev–Trinajstić information content (AvgIpc) is 3.31. The zero-order chi connectivity index (χ0) is 22.1. The normalized spacial score (nSPS) is 14.5. The molecule has 10 heteroatoms. The molecule has 1 atom stereocenters. The van der Waals surface area contributed by atoms with Crippen LogP contribution in [0.3, 0.4) is 0 Å². The van der Waals surface area contributed by atoms with Gasteiger partial charge >= 0.3 is 0 Å². The van der Waals surface area contributed by atoms with E-state index in [0.29, 0.717) is 34.4 Å². The van der Waals surface area contributed by atoms with E-state index in [2.05, 4.69) is 31.0 Å². The van der Waals surface area contributed by atoms with Crippen molar-refractivity contribution in [3.05, 3.63) is 81.3 Å². The zero-order valence-corrected chi connectivity index (χ0v) is 17.3. The summed E-state index contributed by atoms with van der Waals surface area (Å²) in [6.07, 6.45) is 3.78. The lowest BCUT2D eigenvalue weighted by molar-refractivity contribution is 0.386. The summed E-state index contributed by atoms with van der Waals surface area (Å²) in [6.45, 7) is 0. The van der Waals surface area contributed by atoms with E-state index in [1.54, 1.807) is 25.0 Å². The maximum Gasteiger partial charge on any atom is 0.288 e. The van der Waals surface area contributed by atoms with Crippen molar-refractivity contribution >= 4 is 23.8 Å². The fourth-order valence-corrected chi connectivity index (χ4v) is 3.76. The Bertz CT molecular complexity index is 1360. The van der Waals surface area contributed by atoms with Crippen LogP contribution < -0.4 is 20.3 Å². The van der Waals surface area contributed by atoms with Gasteiger partial charge in [0.25, 0.3) is 5.56 Å². The van der Waals surface area contributed by atoms with E-state index < -0.39 is 6.04 Å². The lowest BCUT2D eigenvalue weighted by atomic mass is 9.93. The predicted molar refractivity (Wildman–Crippen MR) is 118 cm³/mol. The van der Waals surface area contributed by atoms with Crippen molar-refractivity contribution in [2.24, 2.45) is 0 Å². The number of rotatable bonds is 5. The van der Waals surface area contributed by atoms with Gasteiger partial charge in [-0.3, -0.25) is 4.79 Å². The Kier molecular flexibility index (Phi) is 4.86. The largest absolute Gasteiger partial charge is 0.497 e. The molecule has 0 spiro atoms. The first kappa shape index (κ1) is 19.5. The summed E-state index contributed by atoms with van der Waals surface area (Å²) in [4.78, 5) is 12.7. The average molecular weight is 429 g/mol. The number of anilines is 2. The van der Waals surface area contributed by atoms with Crippen LogP contribution in [0.4, 0.5) is 11.6 Å². The first-order valence-electron chi connectivity index (χ1n) is 9.82. The second kappa shape index (κ2) is 7.99. The third kappa shape index (κ3) is 3.27. The van der Waals surface area contributed by atoms with Gasteiger partial charge < -0.3 is 14.8 Å². The highest BCUT2D eigenvalue weighted by Gasteiger charge is 2.35. The van der Waals surface area contributed by atoms with E-state index in [1.807, 2.05) is 54.6 Å². The van der Waals surface area contributed by atoms with E-state index in [9.17, 15) is 4.79 Å². The standard InChI is InChI=1S/C22H19N7O3/c1-31-14-9-10-15(17(12-14)32-2)20-18-16(11-8-13-6-4-3-5-7-13)24-25-21(30)19(18)23-22-26-27-28-29(20)22/h3-12,20H,1-2H3,(H,25,30)(H,23,26,28)/b11-8+/t20-/m1/s1. The Morgan fingerprint density at radius 2 is 1.91 bits per heavy atom. The Hall–Kier alpha value is -4.47. The second-order valence-corrected chi connectivity index (χ2v) is 7.05. The molecule has 2 aromatic carbocycles. The van der Waals surface area contributed by atoms with E-state index in [1.165, 1.54) is 0 Å². The van der Waals surface area contributed by atoms with Crippen molar-refractivity contribution < 1.29 is 9.47 Å². The Morgan fingerprint density at radius 1 is 1.06 bits per heavy atom. The van der Waals surface area contributed by atoms with E-state index in [-0.39, 0.29) is 5.56 Å². The van der Waals surface area contributed by atoms with Crippen LogP contribution in [0.2, 0.25) is 0 Å². The Morgan fingerprint density at radius 3 is 2.69 bits per heavy atom. The Labute approximate surface area is 182 Å². The third-order valence-electron chi connectivity index (χ3n) is 5.27. The maximum absolute atomic E-state index is 12.7. The van der Waals surface area contributed by atoms with Gasteiger partial charge in [-0.1, -0.05) is 41.5 Å². The van der Waals surface area contributed by atoms with Gasteiger partial charge in [0.15, 0.2) is 0 Å². The summed E-state index contributed by atoms with van der Waals surface area (Å²) in [7, 11) is 3.16. The van der Waals surface area contributed by atoms with Crippen LogP contribution >= 0.6 is 0 Å². The van der Waals surface area contributed by atoms with Crippen LogP contribution in [0, 0.1) is 0 Å². The van der Waals surface area contributed by atoms with Gasteiger partial charge in [0.05, 0.1) is 19.9 Å². The minimum absolute atomic E-state index is 0.331. The number of nitrogens with zero attached hydrogens (tertiary/aromatic N) is 5. The maximum atomic E-state index is 12.7. The van der Waals surface area contributed by atoms with Gasteiger partial charge in [-0.15, -0.1) is 0 Å². The van der Waals surface area contributed by atoms with Crippen LogP contribution in [-0.4, -0.2) is 44.6 Å². The van der Waals surface area contributed by atoms with E-state index in [0.717, 1.165) is 11.1 Å². The molecule has 1 aliphatic heterocycles. The zero-order valence-electron chi connectivity index (χ0n) is 17.3. The summed E-state index contributed by atoms with van der Waals surface area (Å²) in [5.74, 6) is 1.56. The monoisotopic (exact) mass is 429 g/mol. The summed E-state index contributed by atoms with van der Waals surface area (Å²) in [5, 5.41) is 21.9. The van der Waals surface area contributed by atoms with Gasteiger partial charge in [-0.05, 0) is 34.2 Å². The fourth-order valence-electron chi connectivity index (χ4n) is 3.76. The summed E-state index contributed by atoms with van der Waals surface area (Å²) < 4.78 is 12.6. The van der Waals surface area contributed by atoms with Crippen LogP contribution in [0.15, 0.2) is 53.3 Å². The molecule has 0 radical (unpaired) electrons. The van der Waals surface area contributed by atoms with E-state index in [4.69, 9.17) is 9.47 Å². The summed E-state index contributed by atoms with van der Waals surface area (Å²) in [6, 6.07) is 14.7. The van der Waals surface area contributed by atoms with Crippen molar-refractivity contribution in [3.63, 3.8) is 0 Å². The molecule has 0 bridgehead atoms. The molecule has 2 N–H and O–H groups in total. The molecule has 0 amide bonds. The van der Waals surface area contributed by atoms with E-state index >= 15 is 0 Å². The highest BCUT2D eigenvalue weighted by Crippen LogP contribution is 2.42. The highest BCUT2D eigenvalue weighted by molar-refractivity contribution is 5.75. The fraction of sp³-hybridized carbons (Fsp3) is 0.136. The number of fused-ring (bicyclic) bond motifs is 2. The molecule has 0 saturated heterocycles. The number of hydrogen-bond donors (Lipinski definition) is 2. The first-order chi connectivity index (χ1) is 15.7. The molecular weight excluding hydrogens is 410 g/mol. The van der Waals surface area contributed by atoms with Crippen LogP contribution in [0.25, 0.3) is 12.2 Å². The minimum atomic E-state index is -0.553. The number of aromatic nitrogens is 6. The predicted octanol–water partition coefficient (Wildman–Crippen LogP) is 2.64. The molecule has 0 fully saturated rings. The SMILES string of the molecule is COc1ccc([C@@H]2c3c(/C=C/c4ccccc4)n[nH]c(=O)c3Nc3nnnn32)c(OC)c1. The van der Waals surface area contributed by atoms with Gasteiger partial charge in [0.1, 0.15) is 23.2 Å². The molecule has 0 saturated carbocycles. The third-order valence-corrected chi connectivity index (χ3v) is 5.27. The number of hydrogen-bond acceptors (Lipinski definition) is 8. The molecule has 4 aromatic rings. The molecule has 160 valence electrons. The van der Waals surface area contributed by atoms with Crippen molar-refractivity contribution in [1.82, 2.24) is 30.4 Å². The van der Waals surface area contributed by atoms with Gasteiger partial charge in [-0.2, -0.15) is 9.78 Å². The second-order valence-electron chi connectivity index (χ2n) is 7.05. The molecule has 2 aromatic heterocycles. The number of H-pyrrole nitrogens is 1. The molecule has 5 rings (SSSR count). The van der Waals surface area contributed by atoms with Crippen LogP contribution in [-0.2, 0) is 0 Å². The number of ether oxygens (including phenoxy) is 2. The first-order valence-corrected chi connectivity index (χ1v) is 9.82. The van der Waals surface area contributed by atoms with Crippen molar-refractivity contribution in [2.75, 3.05) is 19.5 Å². The molecule has 32 heavy (non-hydrogen) atoms. The molecule has 0 unspecified atom stereocenters. The van der Waals surface area contributed by atoms with Crippen LogP contribution in [0.1, 0.15) is 28.4 Å². The lowest BCUT2D eigenvalue weighted by Gasteiger charge is -2.28. The van der Waals surface area contributed by atoms with Gasteiger partial charge in [0.2, 0.25) is 5.95 Å². The smallest absolute Gasteiger partial charge is 0.288 e. The quantitative estimate of drug-likeness (QED) is 0.438. The highest BCUT2D eigenvalue weighted by atomic mass is 16.5. The number of benzene rings is 2. The van der Waals surface area contributed by atoms with Crippen LogP contribution in [0.5, 0.6) is 11.5 Å². The van der Waals surface area contributed by atoms with Gasteiger partial charge in [-0.25, -0.2) is 5.10 Å². The molecule has 10 nitrogen and oxygen atoms in total. The number of aromatic amines is 1. The van der Waals surface area contributed by atoms with Gasteiger partial charge in [0, 0.05) is 17.2 Å². The minimum Gasteiger partial charge on any atom is -0.497 e. The molecular formula is C22H19N7O3. The Balaban J connectivity index is 1.73. The van der Waals surface area contributed by atoms with Crippen molar-refractivity contribution in [1.29, 1.82) is 0 Å². The molecule has 1 aliphatic rings. The molecule has 0 aliphatic carbocycles.